The Morgan fingerprint density at radius 1 is 0.980 bits per heavy atom. The zero-order chi connectivity index (χ0) is 36.2. The van der Waals surface area contributed by atoms with Crippen LogP contribution >= 0.6 is 0 Å². The Bertz CT molecular complexity index is 1440. The van der Waals surface area contributed by atoms with Gasteiger partial charge in [0.2, 0.25) is 11.8 Å². The number of amides is 4. The van der Waals surface area contributed by atoms with Crippen LogP contribution in [0.3, 0.4) is 0 Å². The monoisotopic (exact) mass is 704 g/mol. The van der Waals surface area contributed by atoms with Crippen molar-refractivity contribution in [2.24, 2.45) is 11.8 Å². The van der Waals surface area contributed by atoms with Gasteiger partial charge in [-0.15, -0.1) is 6.58 Å². The topological polar surface area (TPSA) is 168 Å². The number of esters is 1. The number of carbonyl (C=O) groups excluding carboxylic acids is 5. The largest absolute Gasteiger partial charge is 0.469 e. The summed E-state index contributed by atoms with van der Waals surface area (Å²) in [6, 6.07) is 7.72. The summed E-state index contributed by atoms with van der Waals surface area (Å²) >= 11 is 0. The van der Waals surface area contributed by atoms with Gasteiger partial charge in [0, 0.05) is 25.3 Å². The number of para-hydroxylation sites is 1. The molecule has 2 aliphatic rings. The molecule has 0 bridgehead atoms. The van der Waals surface area contributed by atoms with E-state index in [1.807, 2.05) is 4.72 Å². The van der Waals surface area contributed by atoms with Gasteiger partial charge in [-0.2, -0.15) is 12.7 Å². The van der Waals surface area contributed by atoms with Crippen molar-refractivity contribution in [3.05, 3.63) is 43.0 Å². The lowest BCUT2D eigenvalue weighted by Crippen LogP contribution is -2.57. The van der Waals surface area contributed by atoms with Gasteiger partial charge in [-0.1, -0.05) is 56.4 Å². The molecule has 2 aliphatic carbocycles. The van der Waals surface area contributed by atoms with Crippen LogP contribution < -0.4 is 14.3 Å². The standard InChI is InChI=1S/C35H52N4O9S/c1-6-27-23-35(27,36-29(40)25-38(24-26-17-15-16-18-26)33(44)48-34(2,3)4)32(43)37-49(45,46)39(28-19-11-10-12-20-28)30(41)21-13-8-7-9-14-22-31(42)47-5/h6,10-12,19-20,26-27H,1,7-9,13-18,21-25H2,2-5H3,(H,36,40)(H,37,43)/t27-,35-/m1/s1. The number of methoxy groups -OCH3 is 1. The molecule has 0 saturated heterocycles. The number of hydrogen-bond donors (Lipinski definition) is 2. The van der Waals surface area contributed by atoms with Crippen LogP contribution in [0.15, 0.2) is 43.0 Å². The van der Waals surface area contributed by atoms with Gasteiger partial charge in [-0.25, -0.2) is 9.52 Å². The highest BCUT2D eigenvalue weighted by Crippen LogP contribution is 2.45. The number of anilines is 1. The van der Waals surface area contributed by atoms with Crippen molar-refractivity contribution in [1.82, 2.24) is 14.9 Å². The molecule has 2 atom stereocenters. The lowest BCUT2D eigenvalue weighted by Gasteiger charge is -2.29. The van der Waals surface area contributed by atoms with E-state index in [0.717, 1.165) is 38.5 Å². The third kappa shape index (κ3) is 11.9. The first-order valence-electron chi connectivity index (χ1n) is 17.1. The minimum atomic E-state index is -4.76. The molecule has 1 aromatic carbocycles. The van der Waals surface area contributed by atoms with Crippen molar-refractivity contribution in [1.29, 1.82) is 0 Å². The third-order valence-electron chi connectivity index (χ3n) is 8.68. The zero-order valence-corrected chi connectivity index (χ0v) is 30.0. The summed E-state index contributed by atoms with van der Waals surface area (Å²) in [7, 11) is -3.42. The van der Waals surface area contributed by atoms with E-state index in [-0.39, 0.29) is 37.0 Å². The average molecular weight is 705 g/mol. The normalized spacial score (nSPS) is 19.0. The molecule has 0 aromatic heterocycles. The minimum absolute atomic E-state index is 0.0555. The van der Waals surface area contributed by atoms with Gasteiger partial charge in [0.25, 0.3) is 5.91 Å². The van der Waals surface area contributed by atoms with Crippen LogP contribution in [-0.2, 0) is 38.9 Å². The molecule has 2 saturated carbocycles. The van der Waals surface area contributed by atoms with Crippen LogP contribution in [0.2, 0.25) is 0 Å². The molecule has 2 fully saturated rings. The van der Waals surface area contributed by atoms with Crippen molar-refractivity contribution in [3.8, 4) is 0 Å². The molecule has 0 radical (unpaired) electrons. The lowest BCUT2D eigenvalue weighted by molar-refractivity contribution is -0.140. The van der Waals surface area contributed by atoms with Crippen LogP contribution in [0.1, 0.15) is 97.8 Å². The van der Waals surface area contributed by atoms with Crippen LogP contribution in [0.5, 0.6) is 0 Å². The molecule has 3 rings (SSSR count). The molecular weight excluding hydrogens is 652 g/mol. The lowest BCUT2D eigenvalue weighted by atomic mass is 10.1. The summed E-state index contributed by atoms with van der Waals surface area (Å²) in [5, 5.41) is 2.67. The Kier molecular flexibility index (Phi) is 14.2. The number of rotatable bonds is 18. The molecule has 0 unspecified atom stereocenters. The number of carbonyl (C=O) groups is 5. The van der Waals surface area contributed by atoms with Gasteiger partial charge in [-0.3, -0.25) is 24.1 Å². The molecule has 4 amide bonds. The Labute approximate surface area is 290 Å². The number of hydrogen-bond acceptors (Lipinski definition) is 9. The van der Waals surface area contributed by atoms with Gasteiger partial charge in [0.05, 0.1) is 12.8 Å². The summed E-state index contributed by atoms with van der Waals surface area (Å²) in [6.07, 6.45) is 8.25. The highest BCUT2D eigenvalue weighted by atomic mass is 32.2. The van der Waals surface area contributed by atoms with Crippen LogP contribution in [0, 0.1) is 11.8 Å². The van der Waals surface area contributed by atoms with Gasteiger partial charge in [0.15, 0.2) is 0 Å². The zero-order valence-electron chi connectivity index (χ0n) is 29.2. The molecular formula is C35H52N4O9S. The summed E-state index contributed by atoms with van der Waals surface area (Å²) < 4.78 is 40.2. The number of unbranched alkanes of at least 4 members (excludes halogenated alkanes) is 4. The second-order valence-corrected chi connectivity index (χ2v) is 15.4. The molecule has 0 spiro atoms. The number of benzene rings is 1. The molecule has 13 nitrogen and oxygen atoms in total. The SMILES string of the molecule is C=C[C@@H]1C[C@]1(NC(=O)CN(CC1CCCC1)C(=O)OC(C)(C)C)C(=O)NS(=O)(=O)N(C(=O)CCCCCCCC(=O)OC)c1ccccc1. The maximum Gasteiger partial charge on any atom is 0.410 e. The first-order chi connectivity index (χ1) is 23.1. The van der Waals surface area contributed by atoms with E-state index >= 15 is 0 Å². The first-order valence-corrected chi connectivity index (χ1v) is 18.5. The van der Waals surface area contributed by atoms with Crippen molar-refractivity contribution in [2.45, 2.75) is 109 Å². The van der Waals surface area contributed by atoms with Crippen molar-refractivity contribution < 1.29 is 41.9 Å². The molecule has 1 aromatic rings. The predicted octanol–water partition coefficient (Wildman–Crippen LogP) is 4.77. The first kappa shape index (κ1) is 39.5. The predicted molar refractivity (Wildman–Crippen MR) is 184 cm³/mol. The van der Waals surface area contributed by atoms with E-state index < -0.39 is 51.1 Å². The fourth-order valence-electron chi connectivity index (χ4n) is 6.04. The highest BCUT2D eigenvalue weighted by Gasteiger charge is 2.61. The maximum atomic E-state index is 13.7. The fourth-order valence-corrected chi connectivity index (χ4v) is 7.31. The quantitative estimate of drug-likeness (QED) is 0.124. The molecule has 2 N–H and O–H groups in total. The number of ether oxygens (including phenoxy) is 2. The van der Waals surface area contributed by atoms with E-state index in [1.165, 1.54) is 30.2 Å². The van der Waals surface area contributed by atoms with Crippen LogP contribution in [0.4, 0.5) is 10.5 Å². The smallest absolute Gasteiger partial charge is 0.410 e. The molecule has 272 valence electrons. The Morgan fingerprint density at radius 3 is 2.16 bits per heavy atom. The van der Waals surface area contributed by atoms with E-state index in [1.54, 1.807) is 39.0 Å². The summed E-state index contributed by atoms with van der Waals surface area (Å²) in [4.78, 5) is 66.1. The Balaban J connectivity index is 1.70. The van der Waals surface area contributed by atoms with Gasteiger partial charge in [0.1, 0.15) is 17.7 Å². The second kappa shape index (κ2) is 17.6. The summed E-state index contributed by atoms with van der Waals surface area (Å²) in [6.45, 7) is 8.87. The molecule has 49 heavy (non-hydrogen) atoms. The molecule has 14 heteroatoms. The number of nitrogens with zero attached hydrogens (tertiary/aromatic N) is 2. The van der Waals surface area contributed by atoms with Crippen molar-refractivity contribution >= 4 is 45.7 Å². The Morgan fingerprint density at radius 2 is 1.59 bits per heavy atom. The maximum absolute atomic E-state index is 13.7. The Hall–Kier alpha value is -3.94. The fraction of sp³-hybridized carbons (Fsp3) is 0.629. The molecule has 0 heterocycles. The molecule has 0 aliphatic heterocycles. The minimum Gasteiger partial charge on any atom is -0.469 e. The van der Waals surface area contributed by atoms with E-state index in [4.69, 9.17) is 4.74 Å². The summed E-state index contributed by atoms with van der Waals surface area (Å²) in [5.74, 6) is -3.02. The van der Waals surface area contributed by atoms with Crippen molar-refractivity contribution in [3.63, 3.8) is 0 Å². The highest BCUT2D eigenvalue weighted by molar-refractivity contribution is 7.92. The van der Waals surface area contributed by atoms with E-state index in [0.29, 0.717) is 36.5 Å². The summed E-state index contributed by atoms with van der Waals surface area (Å²) in [5.41, 5.74) is -2.36. The van der Waals surface area contributed by atoms with Crippen molar-refractivity contribution in [2.75, 3.05) is 24.5 Å². The van der Waals surface area contributed by atoms with Crippen LogP contribution in [-0.4, -0.2) is 74.4 Å². The van der Waals surface area contributed by atoms with Crippen LogP contribution in [0.25, 0.3) is 0 Å². The van der Waals surface area contributed by atoms with Gasteiger partial charge >= 0.3 is 22.3 Å². The van der Waals surface area contributed by atoms with Gasteiger partial charge < -0.3 is 14.8 Å². The van der Waals surface area contributed by atoms with E-state index in [2.05, 4.69) is 16.6 Å². The second-order valence-electron chi connectivity index (χ2n) is 13.9. The third-order valence-corrected chi connectivity index (χ3v) is 10.0. The number of nitrogens with one attached hydrogen (secondary N) is 2. The average Bonchev–Trinajstić information content (AvgIpc) is 3.49. The van der Waals surface area contributed by atoms with Gasteiger partial charge in [-0.05, 0) is 70.9 Å². The van der Waals surface area contributed by atoms with E-state index in [9.17, 15) is 32.4 Å².